The molecule has 6 nitrogen and oxygen atoms in total. The summed E-state index contributed by atoms with van der Waals surface area (Å²) in [5, 5.41) is 4.09. The van der Waals surface area contributed by atoms with Crippen LogP contribution in [0.3, 0.4) is 0 Å². The molecular weight excluding hydrogens is 460 g/mol. The van der Waals surface area contributed by atoms with Gasteiger partial charge < -0.3 is 19.1 Å². The molecular formula is C28H32N2O4S. The first kappa shape index (κ1) is 23.7. The fraction of sp³-hybridized carbons (Fsp3) is 0.393. The van der Waals surface area contributed by atoms with Gasteiger partial charge in [0.15, 0.2) is 18.1 Å². The molecule has 1 amide bonds. The average molecular weight is 493 g/mol. The van der Waals surface area contributed by atoms with Crippen LogP contribution >= 0.6 is 11.3 Å². The third-order valence-electron chi connectivity index (χ3n) is 6.68. The first-order chi connectivity index (χ1) is 17.0. The second-order valence-electron chi connectivity index (χ2n) is 9.54. The number of amides is 1. The highest BCUT2D eigenvalue weighted by molar-refractivity contribution is 7.07. The standard InChI is InChI=1S/C28H32N2O4S/c1-20-4-3-10-30(14-20)16-24-12-22(23-6-8-26-27(13-23)34-19-33-26)5-7-25(24)32-17-28(31)29(2)15-21-9-11-35-18-21/h5-9,11-13,18,20H,3-4,10,14-17,19H2,1-2H3/t20-/m0/s1. The van der Waals surface area contributed by atoms with Crippen molar-refractivity contribution in [3.63, 3.8) is 0 Å². The number of carbonyl (C=O) groups is 1. The van der Waals surface area contributed by atoms with E-state index >= 15 is 0 Å². The van der Waals surface area contributed by atoms with E-state index in [1.54, 1.807) is 16.2 Å². The van der Waals surface area contributed by atoms with Crippen molar-refractivity contribution in [2.24, 2.45) is 5.92 Å². The Bertz CT molecular complexity index is 1160. The maximum Gasteiger partial charge on any atom is 0.260 e. The van der Waals surface area contributed by atoms with E-state index in [1.807, 2.05) is 36.7 Å². The van der Waals surface area contributed by atoms with Crippen molar-refractivity contribution in [1.29, 1.82) is 0 Å². The van der Waals surface area contributed by atoms with Gasteiger partial charge in [0.1, 0.15) is 5.75 Å². The molecule has 3 heterocycles. The quantitative estimate of drug-likeness (QED) is 0.421. The summed E-state index contributed by atoms with van der Waals surface area (Å²) in [5.74, 6) is 2.98. The molecule has 1 fully saturated rings. The molecule has 2 aliphatic heterocycles. The smallest absolute Gasteiger partial charge is 0.260 e. The van der Waals surface area contributed by atoms with Gasteiger partial charge in [0, 0.05) is 32.2 Å². The van der Waals surface area contributed by atoms with Gasteiger partial charge in [-0.3, -0.25) is 9.69 Å². The number of nitrogens with zero attached hydrogens (tertiary/aromatic N) is 2. The molecule has 1 saturated heterocycles. The van der Waals surface area contributed by atoms with E-state index in [2.05, 4.69) is 35.4 Å². The average Bonchev–Trinajstić information content (AvgIpc) is 3.54. The fourth-order valence-corrected chi connectivity index (χ4v) is 5.42. The highest BCUT2D eigenvalue weighted by atomic mass is 32.1. The van der Waals surface area contributed by atoms with Crippen LogP contribution in [-0.4, -0.2) is 49.2 Å². The van der Waals surface area contributed by atoms with Crippen molar-refractivity contribution >= 4 is 17.2 Å². The molecule has 0 spiro atoms. The zero-order valence-corrected chi connectivity index (χ0v) is 21.2. The molecule has 184 valence electrons. The molecule has 5 rings (SSSR count). The largest absolute Gasteiger partial charge is 0.483 e. The van der Waals surface area contributed by atoms with Crippen molar-refractivity contribution < 1.29 is 19.0 Å². The lowest BCUT2D eigenvalue weighted by Gasteiger charge is -2.31. The highest BCUT2D eigenvalue weighted by Crippen LogP contribution is 2.37. The molecule has 0 N–H and O–H groups in total. The predicted octanol–water partition coefficient (Wildman–Crippen LogP) is 5.41. The highest BCUT2D eigenvalue weighted by Gasteiger charge is 2.20. The molecule has 2 aromatic carbocycles. The lowest BCUT2D eigenvalue weighted by molar-refractivity contribution is -0.132. The molecule has 35 heavy (non-hydrogen) atoms. The number of fused-ring (bicyclic) bond motifs is 1. The Hall–Kier alpha value is -3.03. The number of ether oxygens (including phenoxy) is 3. The van der Waals surface area contributed by atoms with Crippen LogP contribution in [0, 0.1) is 5.92 Å². The van der Waals surface area contributed by atoms with Crippen LogP contribution in [0.1, 0.15) is 30.9 Å². The molecule has 3 aromatic rings. The Morgan fingerprint density at radius 1 is 1.14 bits per heavy atom. The summed E-state index contributed by atoms with van der Waals surface area (Å²) in [4.78, 5) is 17.0. The predicted molar refractivity (Wildman–Crippen MR) is 138 cm³/mol. The Kier molecular flexibility index (Phi) is 7.25. The summed E-state index contributed by atoms with van der Waals surface area (Å²) in [7, 11) is 1.82. The third-order valence-corrected chi connectivity index (χ3v) is 7.41. The van der Waals surface area contributed by atoms with Gasteiger partial charge >= 0.3 is 0 Å². The number of piperidine rings is 1. The molecule has 1 aromatic heterocycles. The Labute approximate surface area is 211 Å². The number of rotatable bonds is 8. The van der Waals surface area contributed by atoms with Crippen molar-refractivity contribution in [3.8, 4) is 28.4 Å². The normalized spacial score (nSPS) is 17.4. The van der Waals surface area contributed by atoms with Crippen molar-refractivity contribution in [3.05, 3.63) is 64.4 Å². The number of likely N-dealkylation sites (tertiary alicyclic amines) is 1. The van der Waals surface area contributed by atoms with Crippen molar-refractivity contribution in [2.75, 3.05) is 33.5 Å². The van der Waals surface area contributed by atoms with E-state index in [9.17, 15) is 4.79 Å². The van der Waals surface area contributed by atoms with E-state index in [1.165, 1.54) is 12.8 Å². The summed E-state index contributed by atoms with van der Waals surface area (Å²) in [5.41, 5.74) is 4.40. The molecule has 0 unspecified atom stereocenters. The summed E-state index contributed by atoms with van der Waals surface area (Å²) < 4.78 is 17.2. The number of likely N-dealkylation sites (N-methyl/N-ethyl adjacent to an activating group) is 1. The zero-order chi connectivity index (χ0) is 24.2. The van der Waals surface area contributed by atoms with Gasteiger partial charge in [0.25, 0.3) is 5.91 Å². The van der Waals surface area contributed by atoms with Gasteiger partial charge in [0.05, 0.1) is 0 Å². The molecule has 0 saturated carbocycles. The molecule has 1 atom stereocenters. The summed E-state index contributed by atoms with van der Waals surface area (Å²) in [6, 6.07) is 14.3. The van der Waals surface area contributed by atoms with Crippen LogP contribution in [0.15, 0.2) is 53.2 Å². The summed E-state index contributed by atoms with van der Waals surface area (Å²) >= 11 is 1.64. The van der Waals surface area contributed by atoms with Gasteiger partial charge in [0.2, 0.25) is 6.79 Å². The summed E-state index contributed by atoms with van der Waals surface area (Å²) in [6.07, 6.45) is 2.49. The van der Waals surface area contributed by atoms with Crippen LogP contribution in [0.2, 0.25) is 0 Å². The lowest BCUT2D eigenvalue weighted by Crippen LogP contribution is -2.34. The first-order valence-electron chi connectivity index (χ1n) is 12.2. The Morgan fingerprint density at radius 3 is 2.80 bits per heavy atom. The van der Waals surface area contributed by atoms with E-state index < -0.39 is 0 Å². The molecule has 0 radical (unpaired) electrons. The zero-order valence-electron chi connectivity index (χ0n) is 20.4. The minimum Gasteiger partial charge on any atom is -0.483 e. The number of hydrogen-bond donors (Lipinski definition) is 0. The van der Waals surface area contributed by atoms with E-state index in [-0.39, 0.29) is 19.3 Å². The number of benzene rings is 2. The topological polar surface area (TPSA) is 51.2 Å². The van der Waals surface area contributed by atoms with Gasteiger partial charge in [-0.1, -0.05) is 19.1 Å². The maximum atomic E-state index is 12.8. The monoisotopic (exact) mass is 492 g/mol. The minimum absolute atomic E-state index is 0.0212. The van der Waals surface area contributed by atoms with Crippen LogP contribution in [0.25, 0.3) is 11.1 Å². The molecule has 0 aliphatic carbocycles. The van der Waals surface area contributed by atoms with Crippen LogP contribution in [0.4, 0.5) is 0 Å². The third kappa shape index (κ3) is 5.80. The van der Waals surface area contributed by atoms with Gasteiger partial charge in [-0.15, -0.1) is 0 Å². The van der Waals surface area contributed by atoms with Gasteiger partial charge in [-0.25, -0.2) is 0 Å². The van der Waals surface area contributed by atoms with Gasteiger partial charge in [-0.05, 0) is 83.1 Å². The van der Waals surface area contributed by atoms with Crippen molar-refractivity contribution in [2.45, 2.75) is 32.9 Å². The second kappa shape index (κ2) is 10.7. The molecule has 0 bridgehead atoms. The first-order valence-corrected chi connectivity index (χ1v) is 13.1. The van der Waals surface area contributed by atoms with Gasteiger partial charge in [-0.2, -0.15) is 11.3 Å². The van der Waals surface area contributed by atoms with Crippen LogP contribution < -0.4 is 14.2 Å². The molecule has 7 heteroatoms. The maximum absolute atomic E-state index is 12.8. The van der Waals surface area contributed by atoms with E-state index in [0.717, 1.165) is 59.1 Å². The summed E-state index contributed by atoms with van der Waals surface area (Å²) in [6.45, 7) is 6.15. The molecule has 2 aliphatic rings. The SMILES string of the molecule is C[C@H]1CCCN(Cc2cc(-c3ccc4c(c3)OCO4)ccc2OCC(=O)N(C)Cc2ccsc2)C1. The number of thiophene rings is 1. The van der Waals surface area contributed by atoms with Crippen LogP contribution in [-0.2, 0) is 17.9 Å². The van der Waals surface area contributed by atoms with E-state index in [4.69, 9.17) is 14.2 Å². The van der Waals surface area contributed by atoms with Crippen LogP contribution in [0.5, 0.6) is 17.2 Å². The minimum atomic E-state index is -0.0337. The lowest BCUT2D eigenvalue weighted by atomic mass is 9.98. The number of hydrogen-bond acceptors (Lipinski definition) is 6. The Morgan fingerprint density at radius 2 is 1.97 bits per heavy atom. The fourth-order valence-electron chi connectivity index (χ4n) is 4.77. The van der Waals surface area contributed by atoms with Crippen molar-refractivity contribution in [1.82, 2.24) is 9.80 Å². The number of carbonyl (C=O) groups excluding carboxylic acids is 1. The van der Waals surface area contributed by atoms with E-state index in [0.29, 0.717) is 12.5 Å². The second-order valence-corrected chi connectivity index (χ2v) is 10.3. The Balaban J connectivity index is 1.34.